The molecule has 26 heavy (non-hydrogen) atoms. The van der Waals surface area contributed by atoms with E-state index in [9.17, 15) is 5.11 Å². The maximum Gasteiger partial charge on any atom is 0.126 e. The monoisotopic (exact) mass is 356 g/mol. The first kappa shape index (κ1) is 18.6. The van der Waals surface area contributed by atoms with E-state index in [1.165, 1.54) is 0 Å². The van der Waals surface area contributed by atoms with Crippen molar-refractivity contribution in [3.63, 3.8) is 0 Å². The van der Waals surface area contributed by atoms with E-state index in [1.807, 2.05) is 30.5 Å². The van der Waals surface area contributed by atoms with Crippen LogP contribution < -0.4 is 4.74 Å². The van der Waals surface area contributed by atoms with Gasteiger partial charge in [0, 0.05) is 24.7 Å². The second-order valence-corrected chi connectivity index (χ2v) is 7.19. The maximum atomic E-state index is 11.1. The predicted octanol–water partition coefficient (Wildman–Crippen LogP) is 2.86. The van der Waals surface area contributed by atoms with Gasteiger partial charge in [0.1, 0.15) is 17.0 Å². The lowest BCUT2D eigenvalue weighted by Crippen LogP contribution is -2.46. The molecule has 1 N–H and O–H groups in total. The highest BCUT2D eigenvalue weighted by Crippen LogP contribution is 2.30. The number of ether oxygens (including phenoxy) is 1. The van der Waals surface area contributed by atoms with Crippen molar-refractivity contribution in [3.05, 3.63) is 47.8 Å². The van der Waals surface area contributed by atoms with Gasteiger partial charge in [-0.15, -0.1) is 5.10 Å². The summed E-state index contributed by atoms with van der Waals surface area (Å²) in [6.45, 7) is 6.42. The molecule has 6 heteroatoms. The Bertz CT molecular complexity index is 756. The van der Waals surface area contributed by atoms with E-state index in [0.29, 0.717) is 12.2 Å². The molecule has 3 rings (SSSR count). The number of hydrogen-bond donors (Lipinski definition) is 1. The molecule has 0 amide bonds. The van der Waals surface area contributed by atoms with Crippen LogP contribution in [0.4, 0.5) is 0 Å². The molecular weight excluding hydrogens is 328 g/mol. The van der Waals surface area contributed by atoms with Gasteiger partial charge in [0.25, 0.3) is 0 Å². The molecule has 0 spiro atoms. The van der Waals surface area contributed by atoms with Crippen LogP contribution in [0.15, 0.2) is 36.5 Å². The molecule has 140 valence electrons. The van der Waals surface area contributed by atoms with Crippen LogP contribution in [0.5, 0.6) is 5.75 Å². The fourth-order valence-electron chi connectivity index (χ4n) is 3.36. The summed E-state index contributed by atoms with van der Waals surface area (Å²) in [5, 5.41) is 19.5. The van der Waals surface area contributed by atoms with Crippen LogP contribution in [-0.2, 0) is 5.60 Å². The van der Waals surface area contributed by atoms with Gasteiger partial charge in [-0.1, -0.05) is 35.6 Å². The van der Waals surface area contributed by atoms with Crippen molar-refractivity contribution >= 4 is 6.08 Å². The Hall–Kier alpha value is -2.18. The molecule has 1 aliphatic heterocycles. The third-order valence-corrected chi connectivity index (χ3v) is 4.87. The lowest BCUT2D eigenvalue weighted by Gasteiger charge is -2.37. The Morgan fingerprint density at radius 2 is 2.15 bits per heavy atom. The Morgan fingerprint density at radius 1 is 1.35 bits per heavy atom. The van der Waals surface area contributed by atoms with Gasteiger partial charge in [-0.25, -0.2) is 4.68 Å². The van der Waals surface area contributed by atoms with Crippen molar-refractivity contribution in [3.8, 4) is 5.75 Å². The number of piperidine rings is 1. The SMILES string of the molecule is COc1ccccc1/C=C/CN1CCCC(O)(c2cn(C(C)C)nn2)C1. The van der Waals surface area contributed by atoms with Crippen LogP contribution in [0, 0.1) is 0 Å². The Labute approximate surface area is 155 Å². The van der Waals surface area contributed by atoms with Crippen LogP contribution in [-0.4, -0.2) is 51.7 Å². The zero-order valence-corrected chi connectivity index (χ0v) is 15.8. The first-order valence-electron chi connectivity index (χ1n) is 9.18. The number of methoxy groups -OCH3 is 1. The van der Waals surface area contributed by atoms with Gasteiger partial charge in [-0.05, 0) is 39.3 Å². The van der Waals surface area contributed by atoms with Crippen molar-refractivity contribution in [2.45, 2.75) is 38.3 Å². The highest BCUT2D eigenvalue weighted by Gasteiger charge is 2.37. The molecule has 1 aliphatic rings. The van der Waals surface area contributed by atoms with E-state index >= 15 is 0 Å². The minimum absolute atomic E-state index is 0.239. The second-order valence-electron chi connectivity index (χ2n) is 7.19. The average molecular weight is 356 g/mol. The van der Waals surface area contributed by atoms with Crippen LogP contribution in [0.2, 0.25) is 0 Å². The number of hydrogen-bond acceptors (Lipinski definition) is 5. The summed E-state index contributed by atoms with van der Waals surface area (Å²) >= 11 is 0. The molecule has 6 nitrogen and oxygen atoms in total. The largest absolute Gasteiger partial charge is 0.496 e. The zero-order chi connectivity index (χ0) is 18.6. The quantitative estimate of drug-likeness (QED) is 0.862. The van der Waals surface area contributed by atoms with E-state index in [0.717, 1.165) is 37.2 Å². The number of nitrogens with zero attached hydrogens (tertiary/aromatic N) is 4. The first-order valence-corrected chi connectivity index (χ1v) is 9.18. The summed E-state index contributed by atoms with van der Waals surface area (Å²) < 4.78 is 7.18. The predicted molar refractivity (Wildman–Crippen MR) is 102 cm³/mol. The van der Waals surface area contributed by atoms with Crippen LogP contribution in [0.1, 0.15) is 44.0 Å². The molecule has 0 aliphatic carbocycles. The van der Waals surface area contributed by atoms with Gasteiger partial charge >= 0.3 is 0 Å². The number of aliphatic hydroxyl groups is 1. The number of rotatable bonds is 6. The number of para-hydroxylation sites is 1. The fourth-order valence-corrected chi connectivity index (χ4v) is 3.36. The standard InChI is InChI=1S/C20H28N4O2/c1-16(2)24-14-19(21-22-24)20(25)11-7-13-23(15-20)12-6-9-17-8-4-5-10-18(17)26-3/h4-6,8-10,14,16,25H,7,11-13,15H2,1-3H3/b9-6+. The third-order valence-electron chi connectivity index (χ3n) is 4.87. The van der Waals surface area contributed by atoms with Gasteiger partial charge in [0.15, 0.2) is 0 Å². The molecule has 2 heterocycles. The topological polar surface area (TPSA) is 63.4 Å². The van der Waals surface area contributed by atoms with Gasteiger partial charge in [0.05, 0.1) is 13.3 Å². The molecule has 2 aromatic rings. The second kappa shape index (κ2) is 8.01. The van der Waals surface area contributed by atoms with Crippen molar-refractivity contribution < 1.29 is 9.84 Å². The minimum atomic E-state index is -0.927. The smallest absolute Gasteiger partial charge is 0.126 e. The van der Waals surface area contributed by atoms with Crippen LogP contribution in [0.25, 0.3) is 6.08 Å². The summed E-state index contributed by atoms with van der Waals surface area (Å²) in [7, 11) is 1.68. The van der Waals surface area contributed by atoms with Crippen LogP contribution >= 0.6 is 0 Å². The molecule has 1 saturated heterocycles. The average Bonchev–Trinajstić information content (AvgIpc) is 3.14. The molecule has 1 aromatic carbocycles. The normalized spacial score (nSPS) is 21.6. The fraction of sp³-hybridized carbons (Fsp3) is 0.500. The third kappa shape index (κ3) is 4.14. The van der Waals surface area contributed by atoms with Crippen molar-refractivity contribution in [2.75, 3.05) is 26.7 Å². The van der Waals surface area contributed by atoms with Crippen molar-refractivity contribution in [2.24, 2.45) is 0 Å². The summed E-state index contributed by atoms with van der Waals surface area (Å²) in [5.74, 6) is 0.865. The summed E-state index contributed by atoms with van der Waals surface area (Å²) in [5.41, 5.74) is 0.802. The van der Waals surface area contributed by atoms with E-state index < -0.39 is 5.60 Å². The summed E-state index contributed by atoms with van der Waals surface area (Å²) in [6.07, 6.45) is 7.72. The zero-order valence-electron chi connectivity index (χ0n) is 15.8. The lowest BCUT2D eigenvalue weighted by atomic mass is 9.90. The van der Waals surface area contributed by atoms with Gasteiger partial charge in [-0.2, -0.15) is 0 Å². The molecule has 1 fully saturated rings. The van der Waals surface area contributed by atoms with Gasteiger partial charge in [-0.3, -0.25) is 4.90 Å². The van der Waals surface area contributed by atoms with Gasteiger partial charge < -0.3 is 9.84 Å². The minimum Gasteiger partial charge on any atom is -0.496 e. The first-order chi connectivity index (χ1) is 12.5. The molecule has 0 radical (unpaired) electrons. The van der Waals surface area contributed by atoms with E-state index in [1.54, 1.807) is 11.8 Å². The highest BCUT2D eigenvalue weighted by molar-refractivity contribution is 5.57. The lowest BCUT2D eigenvalue weighted by molar-refractivity contribution is -0.0355. The Balaban J connectivity index is 1.65. The molecule has 1 atom stereocenters. The van der Waals surface area contributed by atoms with Crippen LogP contribution in [0.3, 0.4) is 0 Å². The molecular formula is C20H28N4O2. The Morgan fingerprint density at radius 3 is 2.88 bits per heavy atom. The summed E-state index contributed by atoms with van der Waals surface area (Å²) in [6, 6.07) is 8.19. The molecule has 0 bridgehead atoms. The van der Waals surface area contributed by atoms with E-state index in [4.69, 9.17) is 4.74 Å². The van der Waals surface area contributed by atoms with Crippen molar-refractivity contribution in [1.82, 2.24) is 19.9 Å². The molecule has 1 unspecified atom stereocenters. The van der Waals surface area contributed by atoms with E-state index in [2.05, 4.69) is 41.2 Å². The number of benzene rings is 1. The molecule has 1 aromatic heterocycles. The molecule has 0 saturated carbocycles. The Kier molecular flexibility index (Phi) is 5.74. The summed E-state index contributed by atoms with van der Waals surface area (Å²) in [4.78, 5) is 2.25. The van der Waals surface area contributed by atoms with Crippen molar-refractivity contribution in [1.29, 1.82) is 0 Å². The number of likely N-dealkylation sites (tertiary alicyclic amines) is 1. The van der Waals surface area contributed by atoms with Gasteiger partial charge in [0.2, 0.25) is 0 Å². The maximum absolute atomic E-state index is 11.1. The highest BCUT2D eigenvalue weighted by atomic mass is 16.5. The van der Waals surface area contributed by atoms with E-state index in [-0.39, 0.29) is 6.04 Å². The number of aromatic nitrogens is 3. The number of β-amino-alcohol motifs (C(OH)–C–C–N with tert-alkyl or cyclic N) is 1.